The van der Waals surface area contributed by atoms with Crippen molar-refractivity contribution in [3.63, 3.8) is 0 Å². The van der Waals surface area contributed by atoms with E-state index in [0.717, 1.165) is 89.9 Å². The van der Waals surface area contributed by atoms with Crippen molar-refractivity contribution in [2.75, 3.05) is 19.8 Å². The monoisotopic (exact) mass is 1040 g/mol. The normalized spacial score (nSPS) is 19.5. The molecule has 0 saturated carbocycles. The van der Waals surface area contributed by atoms with Crippen LogP contribution in [0.4, 0.5) is 0 Å². The van der Waals surface area contributed by atoms with Gasteiger partial charge in [0.1, 0.15) is 24.4 Å². The molecule has 11 heteroatoms. The van der Waals surface area contributed by atoms with Gasteiger partial charge in [0.15, 0.2) is 6.29 Å². The van der Waals surface area contributed by atoms with Gasteiger partial charge < -0.3 is 45.1 Å². The minimum atomic E-state index is -1.58. The molecule has 74 heavy (non-hydrogen) atoms. The second-order valence-corrected chi connectivity index (χ2v) is 20.3. The SMILES string of the molecule is C/C=C/CC/C=C/CC/C=C/C(O)C(COC1OC(CO)C(O)C(O)C1O)NC(=O)CCCCCCCCCCCCCCCC/C=C\C/C=C\CCOC(=O)CCCCCCC/C=C\C/C=C\CCCCCC. The van der Waals surface area contributed by atoms with Crippen LogP contribution in [0.15, 0.2) is 85.1 Å². The Morgan fingerprint density at radius 3 is 1.49 bits per heavy atom. The topological polar surface area (TPSA) is 175 Å². The van der Waals surface area contributed by atoms with Gasteiger partial charge in [-0.25, -0.2) is 0 Å². The van der Waals surface area contributed by atoms with E-state index in [1.54, 1.807) is 6.08 Å². The Bertz CT molecular complexity index is 1500. The summed E-state index contributed by atoms with van der Waals surface area (Å²) in [7, 11) is 0. The number of hydrogen-bond donors (Lipinski definition) is 6. The molecule has 1 aliphatic rings. The van der Waals surface area contributed by atoms with Crippen LogP contribution in [-0.4, -0.2) is 100 Å². The molecular formula is C63H109NO10. The third-order valence-electron chi connectivity index (χ3n) is 13.5. The van der Waals surface area contributed by atoms with E-state index in [1.807, 2.05) is 19.1 Å². The summed E-state index contributed by atoms with van der Waals surface area (Å²) in [5, 5.41) is 54.1. The van der Waals surface area contributed by atoms with Crippen LogP contribution in [0.5, 0.6) is 0 Å². The van der Waals surface area contributed by atoms with Crippen molar-refractivity contribution in [1.29, 1.82) is 0 Å². The first-order valence-corrected chi connectivity index (χ1v) is 29.8. The molecule has 0 aromatic carbocycles. The van der Waals surface area contributed by atoms with Crippen LogP contribution in [-0.2, 0) is 23.8 Å². The summed E-state index contributed by atoms with van der Waals surface area (Å²) in [4.78, 5) is 25.0. The quantitative estimate of drug-likeness (QED) is 0.0195. The molecule has 7 unspecified atom stereocenters. The van der Waals surface area contributed by atoms with Gasteiger partial charge in [0.05, 0.1) is 32.0 Å². The highest BCUT2D eigenvalue weighted by molar-refractivity contribution is 5.76. The molecule has 1 aliphatic heterocycles. The van der Waals surface area contributed by atoms with E-state index in [4.69, 9.17) is 14.2 Å². The molecule has 0 aromatic heterocycles. The predicted molar refractivity (Wildman–Crippen MR) is 306 cm³/mol. The van der Waals surface area contributed by atoms with Gasteiger partial charge in [-0.2, -0.15) is 0 Å². The average molecular weight is 1040 g/mol. The number of unbranched alkanes of at least 4 members (excludes halogenated alkanes) is 25. The Morgan fingerprint density at radius 1 is 0.527 bits per heavy atom. The second-order valence-electron chi connectivity index (χ2n) is 20.3. The van der Waals surface area contributed by atoms with E-state index < -0.39 is 49.5 Å². The number of nitrogens with one attached hydrogen (secondary N) is 1. The largest absolute Gasteiger partial charge is 0.465 e. The highest BCUT2D eigenvalue weighted by atomic mass is 16.7. The highest BCUT2D eigenvalue weighted by Crippen LogP contribution is 2.23. The molecule has 0 aromatic rings. The molecule has 6 N–H and O–H groups in total. The fourth-order valence-corrected chi connectivity index (χ4v) is 8.81. The first-order valence-electron chi connectivity index (χ1n) is 29.8. The van der Waals surface area contributed by atoms with Crippen molar-refractivity contribution in [1.82, 2.24) is 5.32 Å². The van der Waals surface area contributed by atoms with Crippen molar-refractivity contribution < 1.29 is 49.3 Å². The molecule has 1 rings (SSSR count). The molecular weight excluding hydrogens is 931 g/mol. The number of carbonyl (C=O) groups excluding carboxylic acids is 2. The zero-order valence-electron chi connectivity index (χ0n) is 46.8. The Kier molecular flexibility index (Phi) is 48.3. The lowest BCUT2D eigenvalue weighted by molar-refractivity contribution is -0.302. The number of aliphatic hydroxyl groups is 5. The summed E-state index contributed by atoms with van der Waals surface area (Å²) < 4.78 is 16.6. The van der Waals surface area contributed by atoms with Crippen LogP contribution >= 0.6 is 0 Å². The van der Waals surface area contributed by atoms with E-state index in [-0.39, 0.29) is 18.5 Å². The van der Waals surface area contributed by atoms with Crippen molar-refractivity contribution in [2.24, 2.45) is 0 Å². The smallest absolute Gasteiger partial charge is 0.305 e. The van der Waals surface area contributed by atoms with Crippen LogP contribution < -0.4 is 5.32 Å². The number of carbonyl (C=O) groups is 2. The van der Waals surface area contributed by atoms with Crippen molar-refractivity contribution >= 4 is 11.9 Å². The lowest BCUT2D eigenvalue weighted by atomic mass is 9.99. The molecule has 0 spiro atoms. The van der Waals surface area contributed by atoms with E-state index in [1.165, 1.54) is 116 Å². The van der Waals surface area contributed by atoms with Crippen LogP contribution in [0.25, 0.3) is 0 Å². The number of esters is 1. The maximum atomic E-state index is 13.0. The van der Waals surface area contributed by atoms with Gasteiger partial charge in [0.2, 0.25) is 5.91 Å². The molecule has 1 fully saturated rings. The summed E-state index contributed by atoms with van der Waals surface area (Å²) in [5.41, 5.74) is 0. The first-order chi connectivity index (χ1) is 36.2. The van der Waals surface area contributed by atoms with Crippen molar-refractivity contribution in [2.45, 2.75) is 281 Å². The van der Waals surface area contributed by atoms with Crippen LogP contribution in [0.1, 0.15) is 239 Å². The van der Waals surface area contributed by atoms with Gasteiger partial charge in [-0.1, -0.05) is 208 Å². The summed E-state index contributed by atoms with van der Waals surface area (Å²) in [6, 6.07) is -0.839. The third kappa shape index (κ3) is 41.1. The Labute approximate surface area is 451 Å². The lowest BCUT2D eigenvalue weighted by Crippen LogP contribution is -2.60. The summed E-state index contributed by atoms with van der Waals surface area (Å²) in [6.45, 7) is 3.94. The number of ether oxygens (including phenoxy) is 3. The number of amides is 1. The molecule has 1 amide bonds. The summed E-state index contributed by atoms with van der Waals surface area (Å²) >= 11 is 0. The number of rotatable bonds is 50. The maximum Gasteiger partial charge on any atom is 0.305 e. The Morgan fingerprint density at radius 2 is 0.973 bits per heavy atom. The standard InChI is InChI=1S/C63H109NO10/c1-3-5-7-9-11-13-14-15-16-25-28-31-35-39-43-47-51-59(68)72-52-48-44-40-36-32-29-26-23-21-19-17-18-20-22-24-27-30-34-38-42-46-50-58(67)64-55(56(66)49-45-41-37-33-12-10-8-6-4-2)54-73-63-62(71)61(70)60(69)57(53-65)74-63/h4,6,12-14,16,25,29,32-33,40,44-45,49,55-57,60-63,65-66,69-71H,3,5,7-11,15,17-24,26-28,30-31,34-39,41-43,46-48,50-54H2,1-2H3,(H,64,67)/b6-4+,14-13-,25-16-,32-29-,33-12+,44-40-,49-45+. The molecule has 0 radical (unpaired) electrons. The van der Waals surface area contributed by atoms with Crippen molar-refractivity contribution in [3.8, 4) is 0 Å². The second kappa shape index (κ2) is 51.9. The molecule has 426 valence electrons. The third-order valence-corrected chi connectivity index (χ3v) is 13.5. The number of aliphatic hydroxyl groups excluding tert-OH is 5. The van der Waals surface area contributed by atoms with Crippen molar-refractivity contribution in [3.05, 3.63) is 85.1 Å². The van der Waals surface area contributed by atoms with E-state index >= 15 is 0 Å². The molecule has 1 saturated heterocycles. The van der Waals surface area contributed by atoms with Crippen LogP contribution in [0, 0.1) is 0 Å². The maximum absolute atomic E-state index is 13.0. The number of hydrogen-bond acceptors (Lipinski definition) is 10. The predicted octanol–water partition coefficient (Wildman–Crippen LogP) is 13.8. The van der Waals surface area contributed by atoms with Gasteiger partial charge in [-0.15, -0.1) is 0 Å². The molecule has 1 heterocycles. The number of allylic oxidation sites excluding steroid dienone is 12. The van der Waals surface area contributed by atoms with E-state index in [0.29, 0.717) is 25.9 Å². The Hall–Kier alpha value is -3.16. The molecule has 0 aliphatic carbocycles. The van der Waals surface area contributed by atoms with Gasteiger partial charge >= 0.3 is 5.97 Å². The minimum Gasteiger partial charge on any atom is -0.465 e. The average Bonchev–Trinajstić information content (AvgIpc) is 3.40. The minimum absolute atomic E-state index is 0.0642. The molecule has 7 atom stereocenters. The van der Waals surface area contributed by atoms with Gasteiger partial charge in [0, 0.05) is 12.8 Å². The molecule has 11 nitrogen and oxygen atoms in total. The molecule has 0 bridgehead atoms. The van der Waals surface area contributed by atoms with Gasteiger partial charge in [-0.05, 0) is 103 Å². The fraction of sp³-hybridized carbons (Fsp3) is 0.746. The Balaban J connectivity index is 2.03. The zero-order valence-corrected chi connectivity index (χ0v) is 46.8. The van der Waals surface area contributed by atoms with Crippen LogP contribution in [0.2, 0.25) is 0 Å². The van der Waals surface area contributed by atoms with E-state index in [9.17, 15) is 35.1 Å². The summed E-state index contributed by atoms with van der Waals surface area (Å²) in [6.07, 6.45) is 60.1. The first kappa shape index (κ1) is 68.9. The summed E-state index contributed by atoms with van der Waals surface area (Å²) in [5.74, 6) is -0.271. The fourth-order valence-electron chi connectivity index (χ4n) is 8.81. The van der Waals surface area contributed by atoms with E-state index in [2.05, 4.69) is 79.1 Å². The van der Waals surface area contributed by atoms with Gasteiger partial charge in [0.25, 0.3) is 0 Å². The van der Waals surface area contributed by atoms with Gasteiger partial charge in [-0.3, -0.25) is 9.59 Å². The zero-order chi connectivity index (χ0) is 53.8. The highest BCUT2D eigenvalue weighted by Gasteiger charge is 2.44. The van der Waals surface area contributed by atoms with Crippen LogP contribution in [0.3, 0.4) is 0 Å². The lowest BCUT2D eigenvalue weighted by Gasteiger charge is -2.40.